The van der Waals surface area contributed by atoms with Crippen LogP contribution in [0.15, 0.2) is 24.3 Å². The topological polar surface area (TPSA) is 30.5 Å². The van der Waals surface area contributed by atoms with Crippen LogP contribution in [0.4, 0.5) is 0 Å². The average molecular weight is 244 g/mol. The molecule has 0 aromatic heterocycles. The Kier molecular flexibility index (Phi) is 5.77. The van der Waals surface area contributed by atoms with Gasteiger partial charge in [0.05, 0.1) is 6.04 Å². The van der Waals surface area contributed by atoms with Gasteiger partial charge in [-0.15, -0.1) is 0 Å². The Morgan fingerprint density at radius 1 is 1.19 bits per heavy atom. The van der Waals surface area contributed by atoms with Crippen LogP contribution in [0.25, 0.3) is 0 Å². The maximum absolute atomic E-state index is 5.86. The summed E-state index contributed by atoms with van der Waals surface area (Å²) >= 11 is 5.86. The SMILES string of the molecule is CCNC(c1ccc(Cl)cc1)C(OC)OC. The zero-order valence-corrected chi connectivity index (χ0v) is 10.6. The molecular formula is C12H18ClNO2. The molecule has 0 amide bonds. The molecule has 0 radical (unpaired) electrons. The normalized spacial score (nSPS) is 13.1. The zero-order chi connectivity index (χ0) is 12.0. The largest absolute Gasteiger partial charge is 0.354 e. The standard InChI is InChI=1S/C12H18ClNO2/c1-4-14-11(12(15-2)16-3)9-5-7-10(13)8-6-9/h5-8,11-12,14H,4H2,1-3H3. The predicted octanol–water partition coefficient (Wildman–Crippen LogP) is 2.61. The molecule has 1 atom stereocenters. The maximum atomic E-state index is 5.86. The first-order chi connectivity index (χ1) is 7.72. The fraction of sp³-hybridized carbons (Fsp3) is 0.500. The first kappa shape index (κ1) is 13.5. The van der Waals surface area contributed by atoms with Crippen molar-refractivity contribution >= 4 is 11.6 Å². The quantitative estimate of drug-likeness (QED) is 0.780. The fourth-order valence-electron chi connectivity index (χ4n) is 1.63. The Morgan fingerprint density at radius 2 is 1.75 bits per heavy atom. The van der Waals surface area contributed by atoms with E-state index < -0.39 is 0 Å². The minimum atomic E-state index is -0.305. The summed E-state index contributed by atoms with van der Waals surface area (Å²) in [6.45, 7) is 2.89. The highest BCUT2D eigenvalue weighted by molar-refractivity contribution is 6.30. The smallest absolute Gasteiger partial charge is 0.176 e. The van der Waals surface area contributed by atoms with Crippen LogP contribution in [-0.4, -0.2) is 27.1 Å². The van der Waals surface area contributed by atoms with Crippen LogP contribution in [-0.2, 0) is 9.47 Å². The molecule has 0 heterocycles. The first-order valence-corrected chi connectivity index (χ1v) is 5.65. The fourth-order valence-corrected chi connectivity index (χ4v) is 1.76. The second-order valence-corrected chi connectivity index (χ2v) is 3.86. The summed E-state index contributed by atoms with van der Waals surface area (Å²) in [5.41, 5.74) is 1.10. The Morgan fingerprint density at radius 3 is 2.19 bits per heavy atom. The summed E-state index contributed by atoms with van der Waals surface area (Å²) in [6.07, 6.45) is -0.305. The number of nitrogens with one attached hydrogen (secondary N) is 1. The molecule has 1 N–H and O–H groups in total. The molecule has 0 bridgehead atoms. The number of methoxy groups -OCH3 is 2. The molecule has 0 aliphatic rings. The van der Waals surface area contributed by atoms with Gasteiger partial charge in [0.1, 0.15) is 0 Å². The van der Waals surface area contributed by atoms with Gasteiger partial charge in [-0.1, -0.05) is 30.7 Å². The van der Waals surface area contributed by atoms with Crippen LogP contribution >= 0.6 is 11.6 Å². The molecule has 0 aliphatic heterocycles. The molecule has 0 saturated carbocycles. The van der Waals surface area contributed by atoms with Crippen molar-refractivity contribution in [3.63, 3.8) is 0 Å². The van der Waals surface area contributed by atoms with Crippen molar-refractivity contribution < 1.29 is 9.47 Å². The number of rotatable bonds is 6. The number of ether oxygens (including phenoxy) is 2. The molecule has 1 aromatic rings. The van der Waals surface area contributed by atoms with E-state index >= 15 is 0 Å². The lowest BCUT2D eigenvalue weighted by molar-refractivity contribution is -0.123. The lowest BCUT2D eigenvalue weighted by Gasteiger charge is -2.25. The third-order valence-electron chi connectivity index (χ3n) is 2.39. The Balaban J connectivity index is 2.87. The summed E-state index contributed by atoms with van der Waals surface area (Å²) in [4.78, 5) is 0. The number of hydrogen-bond acceptors (Lipinski definition) is 3. The molecule has 0 fully saturated rings. The van der Waals surface area contributed by atoms with E-state index in [2.05, 4.69) is 5.32 Å². The summed E-state index contributed by atoms with van der Waals surface area (Å²) in [5, 5.41) is 4.05. The van der Waals surface area contributed by atoms with Crippen molar-refractivity contribution in [3.05, 3.63) is 34.9 Å². The third-order valence-corrected chi connectivity index (χ3v) is 2.64. The molecule has 90 valence electrons. The van der Waals surface area contributed by atoms with E-state index in [1.54, 1.807) is 14.2 Å². The molecular weight excluding hydrogens is 226 g/mol. The second-order valence-electron chi connectivity index (χ2n) is 3.43. The second kappa shape index (κ2) is 6.86. The Hall–Kier alpha value is -0.610. The highest BCUT2D eigenvalue weighted by Gasteiger charge is 2.21. The molecule has 1 aromatic carbocycles. The van der Waals surface area contributed by atoms with Gasteiger partial charge < -0.3 is 14.8 Å². The molecule has 3 nitrogen and oxygen atoms in total. The third kappa shape index (κ3) is 3.46. The highest BCUT2D eigenvalue weighted by atomic mass is 35.5. The van der Waals surface area contributed by atoms with Gasteiger partial charge >= 0.3 is 0 Å². The van der Waals surface area contributed by atoms with E-state index in [9.17, 15) is 0 Å². The van der Waals surface area contributed by atoms with Crippen LogP contribution in [0.2, 0.25) is 5.02 Å². The summed E-state index contributed by atoms with van der Waals surface area (Å²) in [5.74, 6) is 0. The number of likely N-dealkylation sites (N-methyl/N-ethyl adjacent to an activating group) is 1. The number of benzene rings is 1. The van der Waals surface area contributed by atoms with Crippen molar-refractivity contribution in [3.8, 4) is 0 Å². The molecule has 4 heteroatoms. The van der Waals surface area contributed by atoms with Crippen LogP contribution in [0.3, 0.4) is 0 Å². The van der Waals surface area contributed by atoms with Crippen molar-refractivity contribution in [1.29, 1.82) is 0 Å². The van der Waals surface area contributed by atoms with E-state index in [0.717, 1.165) is 17.1 Å². The van der Waals surface area contributed by atoms with Crippen LogP contribution in [0.5, 0.6) is 0 Å². The van der Waals surface area contributed by atoms with Crippen molar-refractivity contribution in [2.24, 2.45) is 0 Å². The van der Waals surface area contributed by atoms with Gasteiger partial charge in [0.15, 0.2) is 6.29 Å². The highest BCUT2D eigenvalue weighted by Crippen LogP contribution is 2.21. The summed E-state index contributed by atoms with van der Waals surface area (Å²) < 4.78 is 10.6. The lowest BCUT2D eigenvalue weighted by Crippen LogP contribution is -2.34. The number of halogens is 1. The van der Waals surface area contributed by atoms with Gasteiger partial charge in [0, 0.05) is 19.2 Å². The first-order valence-electron chi connectivity index (χ1n) is 5.27. The zero-order valence-electron chi connectivity index (χ0n) is 9.87. The maximum Gasteiger partial charge on any atom is 0.176 e. The molecule has 1 rings (SSSR count). The van der Waals surface area contributed by atoms with E-state index in [1.165, 1.54) is 0 Å². The van der Waals surface area contributed by atoms with E-state index in [1.807, 2.05) is 31.2 Å². The molecule has 0 aliphatic carbocycles. The summed E-state index contributed by atoms with van der Waals surface area (Å²) in [7, 11) is 3.27. The van der Waals surface area contributed by atoms with Crippen LogP contribution < -0.4 is 5.32 Å². The Labute approximate surface area is 102 Å². The Bertz CT molecular complexity index is 298. The van der Waals surface area contributed by atoms with Gasteiger partial charge in [-0.05, 0) is 24.2 Å². The molecule has 0 spiro atoms. The van der Waals surface area contributed by atoms with Crippen LogP contribution in [0.1, 0.15) is 18.5 Å². The van der Waals surface area contributed by atoms with Gasteiger partial charge in [-0.25, -0.2) is 0 Å². The van der Waals surface area contributed by atoms with Crippen molar-refractivity contribution in [1.82, 2.24) is 5.32 Å². The van der Waals surface area contributed by atoms with Crippen LogP contribution in [0, 0.1) is 0 Å². The van der Waals surface area contributed by atoms with Gasteiger partial charge in [-0.2, -0.15) is 0 Å². The van der Waals surface area contributed by atoms with E-state index in [-0.39, 0.29) is 12.3 Å². The monoisotopic (exact) mass is 243 g/mol. The van der Waals surface area contributed by atoms with E-state index in [4.69, 9.17) is 21.1 Å². The molecule has 16 heavy (non-hydrogen) atoms. The van der Waals surface area contributed by atoms with Crippen molar-refractivity contribution in [2.45, 2.75) is 19.3 Å². The average Bonchev–Trinajstić information content (AvgIpc) is 2.31. The van der Waals surface area contributed by atoms with Crippen molar-refractivity contribution in [2.75, 3.05) is 20.8 Å². The predicted molar refractivity (Wildman–Crippen MR) is 65.7 cm³/mol. The molecule has 0 saturated heterocycles. The number of hydrogen-bond donors (Lipinski definition) is 1. The minimum Gasteiger partial charge on any atom is -0.354 e. The van der Waals surface area contributed by atoms with Gasteiger partial charge in [-0.3, -0.25) is 0 Å². The van der Waals surface area contributed by atoms with Gasteiger partial charge in [0.2, 0.25) is 0 Å². The minimum absolute atomic E-state index is 0.0114. The summed E-state index contributed by atoms with van der Waals surface area (Å²) in [6, 6.07) is 7.69. The van der Waals surface area contributed by atoms with E-state index in [0.29, 0.717) is 0 Å². The lowest BCUT2D eigenvalue weighted by atomic mass is 10.1. The molecule has 1 unspecified atom stereocenters. The van der Waals surface area contributed by atoms with Gasteiger partial charge in [0.25, 0.3) is 0 Å².